The van der Waals surface area contributed by atoms with Crippen LogP contribution in [-0.4, -0.2) is 48.2 Å². The van der Waals surface area contributed by atoms with Crippen molar-refractivity contribution in [3.63, 3.8) is 0 Å². The molecule has 1 aliphatic rings. The van der Waals surface area contributed by atoms with Crippen molar-refractivity contribution in [2.24, 2.45) is 5.92 Å². The highest BCUT2D eigenvalue weighted by molar-refractivity contribution is 8.00. The molecule has 0 unspecified atom stereocenters. The number of sulfonamides is 1. The van der Waals surface area contributed by atoms with E-state index in [0.717, 1.165) is 4.34 Å². The molecule has 0 bridgehead atoms. The summed E-state index contributed by atoms with van der Waals surface area (Å²) < 4.78 is 27.7. The Hall–Kier alpha value is -1.20. The van der Waals surface area contributed by atoms with Crippen LogP contribution in [0.15, 0.2) is 33.5 Å². The molecule has 1 aromatic heterocycles. The molecule has 3 rings (SSSR count). The second kappa shape index (κ2) is 8.22. The van der Waals surface area contributed by atoms with Gasteiger partial charge in [-0.05, 0) is 43.4 Å². The van der Waals surface area contributed by atoms with Crippen molar-refractivity contribution >= 4 is 55.8 Å². The lowest BCUT2D eigenvalue weighted by Crippen LogP contribution is -2.43. The molecule has 2 aromatic rings. The number of aromatic nitrogens is 2. The van der Waals surface area contributed by atoms with E-state index in [2.05, 4.69) is 15.5 Å². The van der Waals surface area contributed by atoms with Gasteiger partial charge in [-0.15, -0.1) is 10.2 Å². The van der Waals surface area contributed by atoms with E-state index in [1.807, 2.05) is 6.26 Å². The van der Waals surface area contributed by atoms with E-state index in [-0.39, 0.29) is 17.3 Å². The molecule has 1 fully saturated rings. The molecule has 0 radical (unpaired) electrons. The van der Waals surface area contributed by atoms with Gasteiger partial charge in [0.1, 0.15) is 0 Å². The zero-order valence-corrected chi connectivity index (χ0v) is 17.1. The van der Waals surface area contributed by atoms with Crippen LogP contribution in [-0.2, 0) is 14.8 Å². The fourth-order valence-corrected chi connectivity index (χ4v) is 5.50. The minimum atomic E-state index is -3.65. The van der Waals surface area contributed by atoms with Crippen LogP contribution in [0, 0.1) is 5.92 Å². The molecular formula is C15H17ClN4O3S3. The summed E-state index contributed by atoms with van der Waals surface area (Å²) in [6.45, 7) is 0.537. The quantitative estimate of drug-likeness (QED) is 0.576. The van der Waals surface area contributed by atoms with Gasteiger partial charge in [-0.1, -0.05) is 34.7 Å². The minimum Gasteiger partial charge on any atom is -0.300 e. The molecule has 11 heteroatoms. The van der Waals surface area contributed by atoms with Crippen LogP contribution in [0.5, 0.6) is 0 Å². The summed E-state index contributed by atoms with van der Waals surface area (Å²) in [5.74, 6) is -0.655. The number of anilines is 1. The second-order valence-electron chi connectivity index (χ2n) is 5.72. The standard InChI is InChI=1S/C15H17ClN4O3S3/c1-24-15-19-18-14(25-15)17-13(21)10-3-2-8-20(9-10)26(22,23)12-6-4-11(16)5-7-12/h4-7,10H,2-3,8-9H2,1H3,(H,17,18,21)/t10-/m0/s1. The summed E-state index contributed by atoms with van der Waals surface area (Å²) in [4.78, 5) is 12.7. The van der Waals surface area contributed by atoms with Gasteiger partial charge < -0.3 is 5.32 Å². The van der Waals surface area contributed by atoms with Crippen molar-refractivity contribution in [2.75, 3.05) is 24.7 Å². The number of carbonyl (C=O) groups excluding carboxylic acids is 1. The number of nitrogens with one attached hydrogen (secondary N) is 1. The Morgan fingerprint density at radius 1 is 1.35 bits per heavy atom. The predicted octanol–water partition coefficient (Wildman–Crippen LogP) is 2.95. The smallest absolute Gasteiger partial charge is 0.243 e. The average Bonchev–Trinajstić information content (AvgIpc) is 3.10. The summed E-state index contributed by atoms with van der Waals surface area (Å²) in [5, 5.41) is 11.5. The SMILES string of the molecule is CSc1nnc(NC(=O)[C@H]2CCCN(S(=O)(=O)c3ccc(Cl)cc3)C2)s1. The second-order valence-corrected chi connectivity index (χ2v) is 10.1. The molecule has 1 amide bonds. The number of halogens is 1. The molecule has 140 valence electrons. The van der Waals surface area contributed by atoms with Crippen LogP contribution in [0.25, 0.3) is 0 Å². The van der Waals surface area contributed by atoms with Crippen molar-refractivity contribution in [3.8, 4) is 0 Å². The molecule has 26 heavy (non-hydrogen) atoms. The van der Waals surface area contributed by atoms with Gasteiger partial charge in [0.05, 0.1) is 10.8 Å². The van der Waals surface area contributed by atoms with Crippen LogP contribution < -0.4 is 5.32 Å². The van der Waals surface area contributed by atoms with Gasteiger partial charge in [-0.25, -0.2) is 8.42 Å². The molecule has 0 saturated carbocycles. The molecule has 7 nitrogen and oxygen atoms in total. The first kappa shape index (κ1) is 19.6. The zero-order valence-electron chi connectivity index (χ0n) is 13.9. The van der Waals surface area contributed by atoms with Gasteiger partial charge >= 0.3 is 0 Å². The van der Waals surface area contributed by atoms with Gasteiger partial charge in [0.25, 0.3) is 0 Å². The highest BCUT2D eigenvalue weighted by Gasteiger charge is 2.33. The van der Waals surface area contributed by atoms with E-state index in [4.69, 9.17) is 11.6 Å². The maximum atomic E-state index is 12.8. The Labute approximate surface area is 165 Å². The lowest BCUT2D eigenvalue weighted by atomic mass is 9.99. The van der Waals surface area contributed by atoms with Gasteiger partial charge in [0.15, 0.2) is 4.34 Å². The Bertz CT molecular complexity index is 886. The van der Waals surface area contributed by atoms with Gasteiger partial charge in [-0.3, -0.25) is 4.79 Å². The molecule has 1 aliphatic heterocycles. The van der Waals surface area contributed by atoms with Crippen LogP contribution in [0.3, 0.4) is 0 Å². The third-order valence-electron chi connectivity index (χ3n) is 4.02. The highest BCUT2D eigenvalue weighted by atomic mass is 35.5. The van der Waals surface area contributed by atoms with Crippen LogP contribution in [0.1, 0.15) is 12.8 Å². The summed E-state index contributed by atoms with van der Waals surface area (Å²) in [6, 6.07) is 6.04. The van der Waals surface area contributed by atoms with Crippen molar-refractivity contribution in [1.29, 1.82) is 0 Å². The van der Waals surface area contributed by atoms with E-state index in [1.54, 1.807) is 12.1 Å². The summed E-state index contributed by atoms with van der Waals surface area (Å²) >= 11 is 8.57. The topological polar surface area (TPSA) is 92.3 Å². The molecule has 1 atom stereocenters. The molecule has 1 saturated heterocycles. The number of thioether (sulfide) groups is 1. The third-order valence-corrected chi connectivity index (χ3v) is 7.96. The lowest BCUT2D eigenvalue weighted by molar-refractivity contribution is -0.120. The lowest BCUT2D eigenvalue weighted by Gasteiger charge is -2.31. The fraction of sp³-hybridized carbons (Fsp3) is 0.400. The van der Waals surface area contributed by atoms with E-state index in [1.165, 1.54) is 39.5 Å². The summed E-state index contributed by atoms with van der Waals surface area (Å²) in [6.07, 6.45) is 3.14. The molecule has 1 aromatic carbocycles. The number of benzene rings is 1. The highest BCUT2D eigenvalue weighted by Crippen LogP contribution is 2.27. The maximum Gasteiger partial charge on any atom is 0.243 e. The van der Waals surface area contributed by atoms with Gasteiger partial charge in [-0.2, -0.15) is 4.31 Å². The first-order valence-electron chi connectivity index (χ1n) is 7.84. The van der Waals surface area contributed by atoms with Gasteiger partial charge in [0.2, 0.25) is 21.1 Å². The van der Waals surface area contributed by atoms with Crippen molar-refractivity contribution in [2.45, 2.75) is 22.1 Å². The Morgan fingerprint density at radius 2 is 2.08 bits per heavy atom. The summed E-state index contributed by atoms with van der Waals surface area (Å²) in [7, 11) is -3.65. The average molecular weight is 433 g/mol. The number of hydrogen-bond donors (Lipinski definition) is 1. The van der Waals surface area contributed by atoms with E-state index < -0.39 is 15.9 Å². The third kappa shape index (κ3) is 4.37. The molecule has 0 spiro atoms. The van der Waals surface area contributed by atoms with E-state index in [0.29, 0.717) is 29.5 Å². The number of amides is 1. The van der Waals surface area contributed by atoms with Crippen molar-refractivity contribution < 1.29 is 13.2 Å². The first-order valence-corrected chi connectivity index (χ1v) is 11.7. The van der Waals surface area contributed by atoms with Crippen molar-refractivity contribution in [3.05, 3.63) is 29.3 Å². The molecule has 0 aliphatic carbocycles. The van der Waals surface area contributed by atoms with E-state index in [9.17, 15) is 13.2 Å². The Kier molecular flexibility index (Phi) is 6.18. The number of nitrogens with zero attached hydrogens (tertiary/aromatic N) is 3. The zero-order chi connectivity index (χ0) is 18.7. The molecule has 2 heterocycles. The molecular weight excluding hydrogens is 416 g/mol. The molecule has 1 N–H and O–H groups in total. The van der Waals surface area contributed by atoms with Crippen LogP contribution >= 0.6 is 34.7 Å². The fourth-order valence-electron chi connectivity index (χ4n) is 2.68. The largest absolute Gasteiger partial charge is 0.300 e. The number of piperidine rings is 1. The maximum absolute atomic E-state index is 12.8. The van der Waals surface area contributed by atoms with Crippen LogP contribution in [0.4, 0.5) is 5.13 Å². The minimum absolute atomic E-state index is 0.144. The Balaban J connectivity index is 1.70. The van der Waals surface area contributed by atoms with Crippen LogP contribution in [0.2, 0.25) is 5.02 Å². The number of rotatable bonds is 5. The Morgan fingerprint density at radius 3 is 2.73 bits per heavy atom. The number of carbonyl (C=O) groups is 1. The summed E-state index contributed by atoms with van der Waals surface area (Å²) in [5.41, 5.74) is 0. The van der Waals surface area contributed by atoms with Gasteiger partial charge in [0, 0.05) is 18.1 Å². The number of hydrogen-bond acceptors (Lipinski definition) is 7. The van der Waals surface area contributed by atoms with E-state index >= 15 is 0 Å². The monoisotopic (exact) mass is 432 g/mol. The van der Waals surface area contributed by atoms with Crippen molar-refractivity contribution in [1.82, 2.24) is 14.5 Å². The predicted molar refractivity (Wildman–Crippen MR) is 103 cm³/mol. The first-order chi connectivity index (χ1) is 12.4. The normalized spacial score (nSPS) is 18.6.